The van der Waals surface area contributed by atoms with Crippen LogP contribution in [0.15, 0.2) is 48.8 Å². The summed E-state index contributed by atoms with van der Waals surface area (Å²) in [4.78, 5) is 19.3. The van der Waals surface area contributed by atoms with Crippen molar-refractivity contribution in [3.8, 4) is 5.75 Å². The number of aliphatic hydroxyl groups is 1. The number of aromatic nitrogens is 2. The van der Waals surface area contributed by atoms with Gasteiger partial charge in [-0.05, 0) is 55.0 Å². The number of ether oxygens (including phenoxy) is 1. The van der Waals surface area contributed by atoms with Gasteiger partial charge < -0.3 is 19.3 Å². The number of hydrogen-bond acceptors (Lipinski definition) is 4. The smallest absolute Gasteiger partial charge is 0.254 e. The molecule has 1 aliphatic heterocycles. The standard InChI is InChI=1S/C23H24FN3O3/c1-30-22-10-14(6-7-17(22)24)23(29)26-11-15-8-20(21(28)9-16(15)12-26)27-13-25-18-4-2-3-5-19(18)27/h2-7,10,13,15-16,20-21,28H,8-9,11-12H2,1H3/t15-,16+,20-,21-/m1/s1. The average Bonchev–Trinajstić information content (AvgIpc) is 3.36. The minimum atomic E-state index is -0.484. The third-order valence-electron chi connectivity index (χ3n) is 6.63. The molecule has 2 heterocycles. The third-order valence-corrected chi connectivity index (χ3v) is 6.63. The van der Waals surface area contributed by atoms with Crippen molar-refractivity contribution in [1.82, 2.24) is 14.5 Å². The zero-order valence-electron chi connectivity index (χ0n) is 16.7. The monoisotopic (exact) mass is 409 g/mol. The Balaban J connectivity index is 1.35. The van der Waals surface area contributed by atoms with Crippen LogP contribution in [0.25, 0.3) is 11.0 Å². The van der Waals surface area contributed by atoms with Gasteiger partial charge in [0.15, 0.2) is 11.6 Å². The lowest BCUT2D eigenvalue weighted by Crippen LogP contribution is -2.36. The molecule has 1 aliphatic carbocycles. The fourth-order valence-electron chi connectivity index (χ4n) is 5.09. The van der Waals surface area contributed by atoms with E-state index in [4.69, 9.17) is 4.74 Å². The summed E-state index contributed by atoms with van der Waals surface area (Å²) in [5.41, 5.74) is 2.36. The predicted octanol–water partition coefficient (Wildman–Crippen LogP) is 3.27. The Kier molecular flexibility index (Phi) is 4.70. The van der Waals surface area contributed by atoms with E-state index < -0.39 is 11.9 Å². The van der Waals surface area contributed by atoms with E-state index in [0.29, 0.717) is 31.0 Å². The number of carbonyl (C=O) groups is 1. The highest BCUT2D eigenvalue weighted by Gasteiger charge is 2.44. The van der Waals surface area contributed by atoms with Gasteiger partial charge in [0.2, 0.25) is 0 Å². The van der Waals surface area contributed by atoms with E-state index in [2.05, 4.69) is 9.55 Å². The van der Waals surface area contributed by atoms with E-state index in [-0.39, 0.29) is 23.6 Å². The van der Waals surface area contributed by atoms with Crippen molar-refractivity contribution in [2.75, 3.05) is 20.2 Å². The van der Waals surface area contributed by atoms with Crippen LogP contribution in [-0.4, -0.2) is 51.8 Å². The molecule has 0 radical (unpaired) electrons. The second kappa shape index (κ2) is 7.40. The summed E-state index contributed by atoms with van der Waals surface area (Å²) < 4.78 is 20.8. The van der Waals surface area contributed by atoms with Crippen LogP contribution in [0.3, 0.4) is 0 Å². The Hall–Kier alpha value is -2.93. The number of fused-ring (bicyclic) bond motifs is 2. The molecule has 1 N–H and O–H groups in total. The summed E-state index contributed by atoms with van der Waals surface area (Å²) in [5, 5.41) is 10.9. The van der Waals surface area contributed by atoms with E-state index in [0.717, 1.165) is 17.5 Å². The molecule has 30 heavy (non-hydrogen) atoms. The maximum atomic E-state index is 13.7. The van der Waals surface area contributed by atoms with Gasteiger partial charge in [0.05, 0.1) is 36.6 Å². The number of amides is 1. The molecular formula is C23H24FN3O3. The fraction of sp³-hybridized carbons (Fsp3) is 0.391. The van der Waals surface area contributed by atoms with Crippen molar-refractivity contribution in [1.29, 1.82) is 0 Å². The molecule has 5 rings (SSSR count). The Morgan fingerprint density at radius 3 is 2.73 bits per heavy atom. The van der Waals surface area contributed by atoms with Crippen molar-refractivity contribution in [3.05, 3.63) is 60.2 Å². The number of imidazole rings is 1. The third kappa shape index (κ3) is 3.13. The second-order valence-electron chi connectivity index (χ2n) is 8.33. The highest BCUT2D eigenvalue weighted by Crippen LogP contribution is 2.42. The molecule has 0 bridgehead atoms. The molecule has 0 spiro atoms. The van der Waals surface area contributed by atoms with Gasteiger partial charge >= 0.3 is 0 Å². The minimum absolute atomic E-state index is 0.0559. The highest BCUT2D eigenvalue weighted by atomic mass is 19.1. The largest absolute Gasteiger partial charge is 0.494 e. The van der Waals surface area contributed by atoms with Gasteiger partial charge in [-0.25, -0.2) is 9.37 Å². The second-order valence-corrected chi connectivity index (χ2v) is 8.33. The molecule has 156 valence electrons. The van der Waals surface area contributed by atoms with Gasteiger partial charge in [-0.3, -0.25) is 4.79 Å². The zero-order valence-corrected chi connectivity index (χ0v) is 16.7. The number of para-hydroxylation sites is 2. The topological polar surface area (TPSA) is 67.6 Å². The molecular weight excluding hydrogens is 385 g/mol. The first-order valence-electron chi connectivity index (χ1n) is 10.3. The molecule has 1 saturated carbocycles. The number of likely N-dealkylation sites (tertiary alicyclic amines) is 1. The number of carbonyl (C=O) groups excluding carboxylic acids is 1. The number of methoxy groups -OCH3 is 1. The maximum absolute atomic E-state index is 13.7. The number of rotatable bonds is 3. The highest BCUT2D eigenvalue weighted by molar-refractivity contribution is 5.94. The van der Waals surface area contributed by atoms with Crippen LogP contribution >= 0.6 is 0 Å². The molecule has 6 nitrogen and oxygen atoms in total. The molecule has 2 fully saturated rings. The van der Waals surface area contributed by atoms with E-state index in [1.807, 2.05) is 35.5 Å². The Labute approximate surface area is 173 Å². The van der Waals surface area contributed by atoms with Gasteiger partial charge in [-0.1, -0.05) is 12.1 Å². The van der Waals surface area contributed by atoms with Gasteiger partial charge in [0, 0.05) is 18.7 Å². The van der Waals surface area contributed by atoms with Crippen LogP contribution in [0.5, 0.6) is 5.75 Å². The Bertz CT molecular complexity index is 1100. The SMILES string of the molecule is COc1cc(C(=O)N2C[C@H]3C[C@@H](n4cnc5ccccc54)[C@H](O)C[C@H]3C2)ccc1F. The quantitative estimate of drug-likeness (QED) is 0.721. The van der Waals surface area contributed by atoms with Crippen LogP contribution in [0.4, 0.5) is 4.39 Å². The molecule has 2 aromatic carbocycles. The number of hydrogen-bond donors (Lipinski definition) is 1. The summed E-state index contributed by atoms with van der Waals surface area (Å²) in [6.07, 6.45) is 2.77. The Morgan fingerprint density at radius 2 is 1.93 bits per heavy atom. The number of aliphatic hydroxyl groups excluding tert-OH is 1. The van der Waals surface area contributed by atoms with E-state index in [9.17, 15) is 14.3 Å². The normalized spacial score (nSPS) is 26.0. The number of halogens is 1. The van der Waals surface area contributed by atoms with Gasteiger partial charge in [0.25, 0.3) is 5.91 Å². The summed E-state index contributed by atoms with van der Waals surface area (Å²) in [6.45, 7) is 1.25. The molecule has 4 atom stereocenters. The van der Waals surface area contributed by atoms with Gasteiger partial charge in [-0.15, -0.1) is 0 Å². The number of nitrogens with zero attached hydrogens (tertiary/aromatic N) is 3. The van der Waals surface area contributed by atoms with Crippen LogP contribution < -0.4 is 4.74 Å². The molecule has 7 heteroatoms. The lowest BCUT2D eigenvalue weighted by atomic mass is 9.77. The van der Waals surface area contributed by atoms with Gasteiger partial charge in [0.1, 0.15) is 0 Å². The first kappa shape index (κ1) is 19.1. The van der Waals surface area contributed by atoms with Crippen molar-refractivity contribution in [2.24, 2.45) is 11.8 Å². The van der Waals surface area contributed by atoms with Crippen molar-refractivity contribution >= 4 is 16.9 Å². The van der Waals surface area contributed by atoms with Crippen LogP contribution in [0, 0.1) is 17.7 Å². The molecule has 2 aliphatic rings. The molecule has 0 unspecified atom stereocenters. The van der Waals surface area contributed by atoms with Crippen LogP contribution in [-0.2, 0) is 0 Å². The average molecular weight is 409 g/mol. The maximum Gasteiger partial charge on any atom is 0.254 e. The molecule has 1 amide bonds. The summed E-state index contributed by atoms with van der Waals surface area (Å²) in [5.74, 6) is 0.0348. The van der Waals surface area contributed by atoms with Crippen LogP contribution in [0.2, 0.25) is 0 Å². The van der Waals surface area contributed by atoms with E-state index in [1.54, 1.807) is 0 Å². The van der Waals surface area contributed by atoms with Crippen molar-refractivity contribution in [3.63, 3.8) is 0 Å². The first-order chi connectivity index (χ1) is 14.5. The van der Waals surface area contributed by atoms with E-state index >= 15 is 0 Å². The zero-order chi connectivity index (χ0) is 20.8. The van der Waals surface area contributed by atoms with Crippen molar-refractivity contribution in [2.45, 2.75) is 25.0 Å². The molecule has 3 aromatic rings. The van der Waals surface area contributed by atoms with Crippen LogP contribution in [0.1, 0.15) is 29.2 Å². The summed E-state index contributed by atoms with van der Waals surface area (Å²) >= 11 is 0. The van der Waals surface area contributed by atoms with Gasteiger partial charge in [-0.2, -0.15) is 0 Å². The van der Waals surface area contributed by atoms with Crippen molar-refractivity contribution < 1.29 is 19.0 Å². The fourth-order valence-corrected chi connectivity index (χ4v) is 5.09. The lowest BCUT2D eigenvalue weighted by molar-refractivity contribution is 0.0374. The first-order valence-corrected chi connectivity index (χ1v) is 10.3. The predicted molar refractivity (Wildman–Crippen MR) is 110 cm³/mol. The number of benzene rings is 2. The van der Waals surface area contributed by atoms with E-state index in [1.165, 1.54) is 25.3 Å². The Morgan fingerprint density at radius 1 is 1.17 bits per heavy atom. The lowest BCUT2D eigenvalue weighted by Gasteiger charge is -2.36. The summed E-state index contributed by atoms with van der Waals surface area (Å²) in [6, 6.07) is 12.1. The summed E-state index contributed by atoms with van der Waals surface area (Å²) in [7, 11) is 1.39. The molecule has 1 saturated heterocycles. The minimum Gasteiger partial charge on any atom is -0.494 e. The molecule has 1 aromatic heterocycles.